The molecular formula is C19H14Cl2F6O2. The van der Waals surface area contributed by atoms with Gasteiger partial charge in [0, 0.05) is 10.6 Å². The predicted octanol–water partition coefficient (Wildman–Crippen LogP) is 7.25. The smallest absolute Gasteiger partial charge is 0.417 e. The molecule has 1 aliphatic rings. The van der Waals surface area contributed by atoms with Crippen LogP contribution in [0.4, 0.5) is 26.3 Å². The summed E-state index contributed by atoms with van der Waals surface area (Å²) < 4.78 is 82.2. The summed E-state index contributed by atoms with van der Waals surface area (Å²) in [5.41, 5.74) is -3.33. The summed E-state index contributed by atoms with van der Waals surface area (Å²) in [6, 6.07) is 1.64. The van der Waals surface area contributed by atoms with Crippen LogP contribution in [0.2, 0.25) is 0 Å². The number of carbonyl (C=O) groups is 1. The van der Waals surface area contributed by atoms with E-state index in [-0.39, 0.29) is 22.6 Å². The molecule has 1 aliphatic carbocycles. The molecule has 1 aromatic rings. The van der Waals surface area contributed by atoms with Gasteiger partial charge in [-0.25, -0.2) is 18.0 Å². The lowest BCUT2D eigenvalue weighted by molar-refractivity contribution is -0.138. The van der Waals surface area contributed by atoms with Gasteiger partial charge in [0.2, 0.25) is 0 Å². The van der Waals surface area contributed by atoms with Crippen molar-refractivity contribution in [2.75, 3.05) is 0 Å². The molecule has 29 heavy (non-hydrogen) atoms. The average Bonchev–Trinajstić information content (AvgIpc) is 2.59. The van der Waals surface area contributed by atoms with Gasteiger partial charge in [-0.2, -0.15) is 13.2 Å². The fraction of sp³-hybridized carbons (Fsp3) is 0.316. The molecule has 10 heteroatoms. The second-order valence-electron chi connectivity index (χ2n) is 6.54. The highest BCUT2D eigenvalue weighted by Crippen LogP contribution is 2.42. The van der Waals surface area contributed by atoms with Gasteiger partial charge in [0.15, 0.2) is 0 Å². The molecule has 1 aromatic carbocycles. The van der Waals surface area contributed by atoms with E-state index in [0.29, 0.717) is 19.1 Å². The van der Waals surface area contributed by atoms with E-state index in [4.69, 9.17) is 28.3 Å². The quantitative estimate of drug-likeness (QED) is 0.471. The number of allylic oxidation sites excluding steroid dienone is 5. The largest absolute Gasteiger partial charge is 0.478 e. The molecule has 2 unspecified atom stereocenters. The Balaban J connectivity index is 2.48. The molecule has 0 radical (unpaired) electrons. The summed E-state index contributed by atoms with van der Waals surface area (Å²) in [5, 5.41) is 9.15. The van der Waals surface area contributed by atoms with E-state index in [9.17, 15) is 31.1 Å². The van der Waals surface area contributed by atoms with Crippen LogP contribution in [0.1, 0.15) is 34.8 Å². The van der Waals surface area contributed by atoms with E-state index in [0.717, 1.165) is 6.07 Å². The second kappa shape index (κ2) is 8.44. The Morgan fingerprint density at radius 1 is 1.24 bits per heavy atom. The Labute approximate surface area is 172 Å². The highest BCUT2D eigenvalue weighted by molar-refractivity contribution is 6.40. The summed E-state index contributed by atoms with van der Waals surface area (Å²) in [6.45, 7) is 0.553. The maximum Gasteiger partial charge on any atom is 0.417 e. The molecule has 0 fully saturated rings. The lowest BCUT2D eigenvalue weighted by atomic mass is 9.82. The minimum atomic E-state index is -5.07. The maximum atomic E-state index is 14.7. The first kappa shape index (κ1) is 23.3. The van der Waals surface area contributed by atoms with Crippen molar-refractivity contribution in [2.45, 2.75) is 25.4 Å². The molecule has 2 atom stereocenters. The minimum Gasteiger partial charge on any atom is -0.478 e. The lowest BCUT2D eigenvalue weighted by Crippen LogP contribution is -2.30. The lowest BCUT2D eigenvalue weighted by Gasteiger charge is -2.29. The SMILES string of the molecule is CC(F)(F)C(/C=C(\F)c1ccc(C(=O)O)c(C(F)(F)F)c1)C1C=CC(Cl)=C(Cl)C1. The number of halogens is 8. The van der Waals surface area contributed by atoms with Crippen molar-refractivity contribution in [1.29, 1.82) is 0 Å². The highest BCUT2D eigenvalue weighted by Gasteiger charge is 2.40. The van der Waals surface area contributed by atoms with E-state index in [2.05, 4.69) is 0 Å². The standard InChI is InChI=1S/C19H14Cl2F6O2/c1-18(23,24)12(9-3-5-14(20)15(21)7-9)8-16(22)10-2-4-11(17(28)29)13(6-10)19(25,26)27/h2-6,8-9,12H,7H2,1H3,(H,28,29)/b16-8-. The van der Waals surface area contributed by atoms with Crippen LogP contribution >= 0.6 is 23.2 Å². The molecule has 2 nitrogen and oxygen atoms in total. The fourth-order valence-corrected chi connectivity index (χ4v) is 3.32. The van der Waals surface area contributed by atoms with Gasteiger partial charge >= 0.3 is 12.1 Å². The molecule has 0 aliphatic heterocycles. The second-order valence-corrected chi connectivity index (χ2v) is 7.40. The zero-order valence-electron chi connectivity index (χ0n) is 14.7. The van der Waals surface area contributed by atoms with Crippen LogP contribution < -0.4 is 0 Å². The average molecular weight is 459 g/mol. The van der Waals surface area contributed by atoms with E-state index < -0.39 is 52.4 Å². The van der Waals surface area contributed by atoms with Gasteiger partial charge in [-0.15, -0.1) is 0 Å². The summed E-state index contributed by atoms with van der Waals surface area (Å²) in [4.78, 5) is 11.0. The number of rotatable bonds is 5. The number of hydrogen-bond donors (Lipinski definition) is 1. The summed E-state index contributed by atoms with van der Waals surface area (Å²) in [6.07, 6.45) is -2.02. The van der Waals surface area contributed by atoms with Crippen molar-refractivity contribution in [3.05, 3.63) is 63.2 Å². The summed E-state index contributed by atoms with van der Waals surface area (Å²) in [5.74, 6) is -9.30. The molecular weight excluding hydrogens is 445 g/mol. The third-order valence-corrected chi connectivity index (χ3v) is 5.18. The molecule has 0 saturated heterocycles. The van der Waals surface area contributed by atoms with Crippen LogP contribution in [0.15, 0.2) is 46.5 Å². The van der Waals surface area contributed by atoms with Crippen molar-refractivity contribution >= 4 is 35.0 Å². The van der Waals surface area contributed by atoms with Gasteiger partial charge in [-0.05, 0) is 43.5 Å². The third kappa shape index (κ3) is 5.57. The van der Waals surface area contributed by atoms with Crippen molar-refractivity contribution in [2.24, 2.45) is 11.8 Å². The summed E-state index contributed by atoms with van der Waals surface area (Å²) in [7, 11) is 0. The maximum absolute atomic E-state index is 14.7. The number of aromatic carboxylic acids is 1. The van der Waals surface area contributed by atoms with E-state index >= 15 is 0 Å². The highest BCUT2D eigenvalue weighted by atomic mass is 35.5. The van der Waals surface area contributed by atoms with Gasteiger partial charge in [0.25, 0.3) is 5.92 Å². The third-order valence-electron chi connectivity index (χ3n) is 4.37. The van der Waals surface area contributed by atoms with Crippen molar-refractivity contribution in [1.82, 2.24) is 0 Å². The molecule has 158 valence electrons. The molecule has 0 saturated carbocycles. The van der Waals surface area contributed by atoms with Gasteiger partial charge in [-0.1, -0.05) is 35.3 Å². The van der Waals surface area contributed by atoms with Crippen LogP contribution in [-0.2, 0) is 6.18 Å². The molecule has 0 aromatic heterocycles. The zero-order valence-corrected chi connectivity index (χ0v) is 16.2. The summed E-state index contributed by atoms with van der Waals surface area (Å²) >= 11 is 11.7. The minimum absolute atomic E-state index is 0.0967. The van der Waals surface area contributed by atoms with E-state index in [1.165, 1.54) is 12.2 Å². The van der Waals surface area contributed by atoms with Crippen LogP contribution in [0, 0.1) is 11.8 Å². The number of hydrogen-bond acceptors (Lipinski definition) is 1. The Hall–Kier alpha value is -1.93. The Morgan fingerprint density at radius 3 is 2.34 bits per heavy atom. The Bertz CT molecular complexity index is 897. The normalized spacial score (nSPS) is 19.5. The van der Waals surface area contributed by atoms with E-state index in [1.54, 1.807) is 0 Å². The van der Waals surface area contributed by atoms with Crippen LogP contribution in [-0.4, -0.2) is 17.0 Å². The molecule has 0 bridgehead atoms. The van der Waals surface area contributed by atoms with Crippen LogP contribution in [0.25, 0.3) is 5.83 Å². The molecule has 0 heterocycles. The van der Waals surface area contributed by atoms with Crippen LogP contribution in [0.3, 0.4) is 0 Å². The molecule has 2 rings (SSSR count). The van der Waals surface area contributed by atoms with Gasteiger partial charge in [0.1, 0.15) is 5.83 Å². The zero-order chi connectivity index (χ0) is 22.1. The number of benzene rings is 1. The Morgan fingerprint density at radius 2 is 1.86 bits per heavy atom. The number of carboxylic acids is 1. The van der Waals surface area contributed by atoms with E-state index in [1.807, 2.05) is 0 Å². The van der Waals surface area contributed by atoms with Crippen molar-refractivity contribution < 1.29 is 36.2 Å². The fourth-order valence-electron chi connectivity index (χ4n) is 2.93. The first-order valence-electron chi connectivity index (χ1n) is 8.14. The van der Waals surface area contributed by atoms with Crippen molar-refractivity contribution in [3.63, 3.8) is 0 Å². The van der Waals surface area contributed by atoms with Gasteiger partial charge in [-0.3, -0.25) is 0 Å². The number of alkyl halides is 5. The molecule has 1 N–H and O–H groups in total. The van der Waals surface area contributed by atoms with Crippen LogP contribution in [0.5, 0.6) is 0 Å². The Kier molecular flexibility index (Phi) is 6.79. The predicted molar refractivity (Wildman–Crippen MR) is 97.6 cm³/mol. The van der Waals surface area contributed by atoms with Gasteiger partial charge in [0.05, 0.1) is 22.1 Å². The van der Waals surface area contributed by atoms with Crippen molar-refractivity contribution in [3.8, 4) is 0 Å². The molecule has 0 amide bonds. The van der Waals surface area contributed by atoms with Gasteiger partial charge < -0.3 is 5.11 Å². The number of carboxylic acid groups (broad SMARTS) is 1. The monoisotopic (exact) mass is 458 g/mol. The topological polar surface area (TPSA) is 37.3 Å². The first-order valence-corrected chi connectivity index (χ1v) is 8.89. The molecule has 0 spiro atoms. The first-order chi connectivity index (χ1) is 13.2.